The molecule has 0 radical (unpaired) electrons. The van der Waals surface area contributed by atoms with Crippen LogP contribution in [0.25, 0.3) is 11.3 Å². The van der Waals surface area contributed by atoms with Crippen LogP contribution in [0.1, 0.15) is 6.92 Å². The summed E-state index contributed by atoms with van der Waals surface area (Å²) in [6, 6.07) is 8.19. The highest BCUT2D eigenvalue weighted by Crippen LogP contribution is 2.19. The molecule has 5 nitrogen and oxygen atoms in total. The van der Waals surface area contributed by atoms with Crippen LogP contribution in [-0.2, 0) is 4.79 Å². The minimum absolute atomic E-state index is 0.0555. The summed E-state index contributed by atoms with van der Waals surface area (Å²) in [5.41, 5.74) is 0.778. The number of nitrogens with one attached hydrogen (secondary N) is 2. The van der Waals surface area contributed by atoms with Gasteiger partial charge in [-0.1, -0.05) is 23.7 Å². The highest BCUT2D eigenvalue weighted by atomic mass is 35.5. The molecule has 1 amide bonds. The summed E-state index contributed by atoms with van der Waals surface area (Å²) in [4.78, 5) is 29.7. The van der Waals surface area contributed by atoms with Crippen molar-refractivity contribution in [3.8, 4) is 11.3 Å². The number of nitrogens with zero attached hydrogens (tertiary/aromatic N) is 1. The molecular formula is C13H11Cl2N3O2. The van der Waals surface area contributed by atoms with Crippen molar-refractivity contribution in [1.29, 1.82) is 0 Å². The van der Waals surface area contributed by atoms with Crippen LogP contribution in [0.15, 0.2) is 35.1 Å². The standard InChI is InChI=1S/C13H11Cl2N3O2/c1-7(14)12(20)18-13-16-10(6-11(19)17-13)8-2-4-9(15)5-3-8/h2-7H,1H3,(H2,16,17,18,19,20). The maximum absolute atomic E-state index is 11.6. The van der Waals surface area contributed by atoms with Crippen molar-refractivity contribution < 1.29 is 4.79 Å². The predicted molar refractivity (Wildman–Crippen MR) is 79.2 cm³/mol. The van der Waals surface area contributed by atoms with Crippen LogP contribution in [0.5, 0.6) is 0 Å². The molecule has 1 unspecified atom stereocenters. The highest BCUT2D eigenvalue weighted by molar-refractivity contribution is 6.32. The van der Waals surface area contributed by atoms with E-state index in [-0.39, 0.29) is 11.5 Å². The van der Waals surface area contributed by atoms with Crippen molar-refractivity contribution in [2.45, 2.75) is 12.3 Å². The van der Waals surface area contributed by atoms with Gasteiger partial charge < -0.3 is 0 Å². The van der Waals surface area contributed by atoms with Gasteiger partial charge in [-0.3, -0.25) is 19.9 Å². The van der Waals surface area contributed by atoms with Gasteiger partial charge in [-0.25, -0.2) is 4.98 Å². The maximum atomic E-state index is 11.6. The van der Waals surface area contributed by atoms with Gasteiger partial charge >= 0.3 is 0 Å². The molecule has 0 saturated heterocycles. The van der Waals surface area contributed by atoms with E-state index in [0.717, 1.165) is 5.56 Å². The Morgan fingerprint density at radius 3 is 2.60 bits per heavy atom. The number of hydrogen-bond donors (Lipinski definition) is 2. The van der Waals surface area contributed by atoms with Crippen molar-refractivity contribution in [3.63, 3.8) is 0 Å². The predicted octanol–water partition coefficient (Wildman–Crippen LogP) is 2.66. The minimum atomic E-state index is -0.723. The number of anilines is 1. The van der Waals surface area contributed by atoms with Crippen molar-refractivity contribution in [3.05, 3.63) is 45.7 Å². The van der Waals surface area contributed by atoms with Crippen molar-refractivity contribution in [2.75, 3.05) is 5.32 Å². The number of aromatic nitrogens is 2. The first-order valence-corrected chi connectivity index (χ1v) is 6.59. The molecule has 0 aliphatic rings. The second kappa shape index (κ2) is 6.07. The molecular weight excluding hydrogens is 301 g/mol. The number of hydrogen-bond acceptors (Lipinski definition) is 3. The molecule has 0 saturated carbocycles. The van der Waals surface area contributed by atoms with Gasteiger partial charge in [0, 0.05) is 16.7 Å². The second-order valence-electron chi connectivity index (χ2n) is 4.09. The van der Waals surface area contributed by atoms with Gasteiger partial charge in [0.2, 0.25) is 11.9 Å². The van der Waals surface area contributed by atoms with E-state index >= 15 is 0 Å². The van der Waals surface area contributed by atoms with Gasteiger partial charge in [0.1, 0.15) is 5.38 Å². The van der Waals surface area contributed by atoms with Crippen LogP contribution < -0.4 is 10.9 Å². The lowest BCUT2D eigenvalue weighted by Crippen LogP contribution is -2.23. The van der Waals surface area contributed by atoms with E-state index in [0.29, 0.717) is 10.7 Å². The number of alkyl halides is 1. The molecule has 1 heterocycles. The first-order chi connectivity index (χ1) is 9.45. The molecule has 2 N–H and O–H groups in total. The van der Waals surface area contributed by atoms with Crippen LogP contribution in [0, 0.1) is 0 Å². The molecule has 7 heteroatoms. The summed E-state index contributed by atoms with van der Waals surface area (Å²) in [5, 5.41) is 2.30. The zero-order chi connectivity index (χ0) is 14.7. The fourth-order valence-electron chi connectivity index (χ4n) is 1.50. The van der Waals surface area contributed by atoms with E-state index in [1.54, 1.807) is 24.3 Å². The van der Waals surface area contributed by atoms with Crippen LogP contribution in [-0.4, -0.2) is 21.3 Å². The number of benzene rings is 1. The summed E-state index contributed by atoms with van der Waals surface area (Å²) in [6.45, 7) is 1.53. The Bertz CT molecular complexity index is 681. The average Bonchev–Trinajstić information content (AvgIpc) is 2.38. The van der Waals surface area contributed by atoms with Crippen molar-refractivity contribution in [1.82, 2.24) is 9.97 Å². The first kappa shape index (κ1) is 14.6. The summed E-state index contributed by atoms with van der Waals surface area (Å²) in [6.07, 6.45) is 0. The number of carbonyl (C=O) groups is 1. The third kappa shape index (κ3) is 3.59. The fraction of sp³-hybridized carbons (Fsp3) is 0.154. The molecule has 20 heavy (non-hydrogen) atoms. The van der Waals surface area contributed by atoms with E-state index in [9.17, 15) is 9.59 Å². The number of H-pyrrole nitrogens is 1. The topological polar surface area (TPSA) is 74.8 Å². The van der Waals surface area contributed by atoms with Crippen LogP contribution >= 0.6 is 23.2 Å². The Labute approximate surface area is 125 Å². The number of carbonyl (C=O) groups excluding carboxylic acids is 1. The Kier molecular flexibility index (Phi) is 4.42. The third-order valence-electron chi connectivity index (χ3n) is 2.48. The summed E-state index contributed by atoms with van der Waals surface area (Å²) in [7, 11) is 0. The molecule has 1 aromatic heterocycles. The quantitative estimate of drug-likeness (QED) is 0.856. The van der Waals surface area contributed by atoms with E-state index in [2.05, 4.69) is 15.3 Å². The van der Waals surface area contributed by atoms with Crippen molar-refractivity contribution >= 4 is 35.1 Å². The molecule has 2 aromatic rings. The second-order valence-corrected chi connectivity index (χ2v) is 5.18. The van der Waals surface area contributed by atoms with E-state index in [4.69, 9.17) is 23.2 Å². The number of amides is 1. The maximum Gasteiger partial charge on any atom is 0.252 e. The first-order valence-electron chi connectivity index (χ1n) is 5.78. The Hall–Kier alpha value is -1.85. The molecule has 0 aliphatic carbocycles. The lowest BCUT2D eigenvalue weighted by atomic mass is 10.1. The van der Waals surface area contributed by atoms with E-state index < -0.39 is 11.3 Å². The fourth-order valence-corrected chi connectivity index (χ4v) is 1.68. The Morgan fingerprint density at radius 2 is 2.00 bits per heavy atom. The summed E-state index contributed by atoms with van der Waals surface area (Å²) in [5.74, 6) is -0.386. The molecule has 104 valence electrons. The van der Waals surface area contributed by atoms with Crippen LogP contribution in [0.3, 0.4) is 0 Å². The molecule has 0 fully saturated rings. The summed E-state index contributed by atoms with van der Waals surface area (Å²) >= 11 is 11.5. The van der Waals surface area contributed by atoms with Crippen molar-refractivity contribution in [2.24, 2.45) is 0 Å². The zero-order valence-corrected chi connectivity index (χ0v) is 12.0. The minimum Gasteiger partial charge on any atom is -0.295 e. The molecule has 0 bridgehead atoms. The monoisotopic (exact) mass is 311 g/mol. The highest BCUT2D eigenvalue weighted by Gasteiger charge is 2.11. The number of aromatic amines is 1. The lowest BCUT2D eigenvalue weighted by Gasteiger charge is -2.07. The number of rotatable bonds is 3. The zero-order valence-electron chi connectivity index (χ0n) is 10.5. The molecule has 1 aromatic carbocycles. The Morgan fingerprint density at radius 1 is 1.35 bits per heavy atom. The lowest BCUT2D eigenvalue weighted by molar-refractivity contribution is -0.115. The van der Waals surface area contributed by atoms with Gasteiger partial charge in [0.25, 0.3) is 5.56 Å². The Balaban J connectivity index is 2.36. The van der Waals surface area contributed by atoms with Crippen LogP contribution in [0.2, 0.25) is 5.02 Å². The average molecular weight is 312 g/mol. The van der Waals surface area contributed by atoms with Gasteiger partial charge in [-0.15, -0.1) is 11.6 Å². The van der Waals surface area contributed by atoms with Gasteiger partial charge in [0.05, 0.1) is 5.69 Å². The van der Waals surface area contributed by atoms with Gasteiger partial charge in [0.15, 0.2) is 0 Å². The van der Waals surface area contributed by atoms with E-state index in [1.807, 2.05) is 0 Å². The third-order valence-corrected chi connectivity index (χ3v) is 2.93. The van der Waals surface area contributed by atoms with Gasteiger partial charge in [-0.2, -0.15) is 0 Å². The SMILES string of the molecule is CC(Cl)C(=O)Nc1nc(-c2ccc(Cl)cc2)cc(=O)[nH]1. The molecule has 1 atom stereocenters. The van der Waals surface area contributed by atoms with E-state index in [1.165, 1.54) is 13.0 Å². The summed E-state index contributed by atoms with van der Waals surface area (Å²) < 4.78 is 0. The van der Waals surface area contributed by atoms with Crippen LogP contribution in [0.4, 0.5) is 5.95 Å². The molecule has 0 aliphatic heterocycles. The normalized spacial score (nSPS) is 11.9. The molecule has 0 spiro atoms. The largest absolute Gasteiger partial charge is 0.295 e. The number of halogens is 2. The molecule has 2 rings (SSSR count). The van der Waals surface area contributed by atoms with Gasteiger partial charge in [-0.05, 0) is 19.1 Å². The smallest absolute Gasteiger partial charge is 0.252 e.